The van der Waals surface area contributed by atoms with Gasteiger partial charge in [-0.05, 0) is 17.7 Å². The number of sulfone groups is 2. The van der Waals surface area contributed by atoms with Crippen LogP contribution in [0.15, 0.2) is 32.9 Å². The van der Waals surface area contributed by atoms with E-state index in [0.717, 1.165) is 6.26 Å². The van der Waals surface area contributed by atoms with Crippen molar-refractivity contribution in [1.29, 1.82) is 0 Å². The molecule has 0 aliphatic rings. The van der Waals surface area contributed by atoms with Crippen molar-refractivity contribution in [2.24, 2.45) is 0 Å². The molecule has 6 nitrogen and oxygen atoms in total. The van der Waals surface area contributed by atoms with E-state index in [1.54, 1.807) is 24.3 Å². The zero-order chi connectivity index (χ0) is 15.0. The lowest BCUT2D eigenvalue weighted by Gasteiger charge is -2.00. The van der Waals surface area contributed by atoms with Crippen molar-refractivity contribution in [3.63, 3.8) is 0 Å². The van der Waals surface area contributed by atoms with Gasteiger partial charge in [0, 0.05) is 11.3 Å². The van der Waals surface area contributed by atoms with E-state index in [0.29, 0.717) is 21.9 Å². The number of rotatable bonds is 4. The first-order valence-electron chi connectivity index (χ1n) is 5.19. The SMILES string of the molecule is CS(=O)(=O)c1nnc(S(=O)(=O)Cc2ccc(Cl)cc2)s1. The molecule has 0 aliphatic heterocycles. The molecule has 0 bridgehead atoms. The molecule has 2 rings (SSSR count). The van der Waals surface area contributed by atoms with Gasteiger partial charge in [-0.2, -0.15) is 0 Å². The zero-order valence-corrected chi connectivity index (χ0v) is 13.4. The summed E-state index contributed by atoms with van der Waals surface area (Å²) >= 11 is 6.26. The van der Waals surface area contributed by atoms with Crippen LogP contribution in [0.25, 0.3) is 0 Å². The third kappa shape index (κ3) is 3.54. The highest BCUT2D eigenvalue weighted by Gasteiger charge is 2.24. The zero-order valence-electron chi connectivity index (χ0n) is 10.1. The van der Waals surface area contributed by atoms with Crippen molar-refractivity contribution in [3.8, 4) is 0 Å². The lowest BCUT2D eigenvalue weighted by molar-refractivity contribution is 0.591. The Balaban J connectivity index is 2.31. The molecule has 1 heterocycles. The van der Waals surface area contributed by atoms with Gasteiger partial charge in [-0.1, -0.05) is 35.1 Å². The maximum atomic E-state index is 12.1. The molecule has 0 unspecified atom stereocenters. The molecule has 0 spiro atoms. The van der Waals surface area contributed by atoms with Crippen molar-refractivity contribution < 1.29 is 16.8 Å². The summed E-state index contributed by atoms with van der Waals surface area (Å²) in [6.45, 7) is 0. The minimum absolute atomic E-state index is 0.289. The Bertz CT molecular complexity index is 826. The van der Waals surface area contributed by atoms with Gasteiger partial charge in [0.05, 0.1) is 5.75 Å². The van der Waals surface area contributed by atoms with Gasteiger partial charge in [0.25, 0.3) is 0 Å². The molecule has 20 heavy (non-hydrogen) atoms. The topological polar surface area (TPSA) is 94.1 Å². The van der Waals surface area contributed by atoms with Crippen molar-refractivity contribution in [2.45, 2.75) is 14.4 Å². The summed E-state index contributed by atoms with van der Waals surface area (Å²) in [5.74, 6) is -0.289. The fraction of sp³-hybridized carbons (Fsp3) is 0.200. The lowest BCUT2D eigenvalue weighted by atomic mass is 10.2. The highest BCUT2D eigenvalue weighted by atomic mass is 35.5. The summed E-state index contributed by atoms with van der Waals surface area (Å²) in [4.78, 5) is 0. The first-order valence-corrected chi connectivity index (χ1v) is 9.93. The van der Waals surface area contributed by atoms with Crippen LogP contribution in [0.2, 0.25) is 5.02 Å². The Labute approximate surface area is 125 Å². The molecule has 0 N–H and O–H groups in total. The second kappa shape index (κ2) is 5.40. The Morgan fingerprint density at radius 3 is 2.10 bits per heavy atom. The van der Waals surface area contributed by atoms with Gasteiger partial charge in [0.2, 0.25) is 28.4 Å². The van der Waals surface area contributed by atoms with Crippen molar-refractivity contribution in [2.75, 3.05) is 6.26 Å². The Kier molecular flexibility index (Phi) is 4.14. The summed E-state index contributed by atoms with van der Waals surface area (Å²) in [5, 5.41) is 7.33. The lowest BCUT2D eigenvalue weighted by Crippen LogP contribution is -2.04. The van der Waals surface area contributed by atoms with Gasteiger partial charge in [-0.25, -0.2) is 16.8 Å². The van der Waals surface area contributed by atoms with E-state index >= 15 is 0 Å². The van der Waals surface area contributed by atoms with Crippen LogP contribution < -0.4 is 0 Å². The van der Waals surface area contributed by atoms with E-state index < -0.39 is 19.7 Å². The molecule has 0 atom stereocenters. The molecule has 0 fully saturated rings. The number of benzene rings is 1. The molecular formula is C10H9ClN2O4S3. The molecule has 0 saturated carbocycles. The van der Waals surface area contributed by atoms with Crippen LogP contribution in [-0.4, -0.2) is 33.3 Å². The van der Waals surface area contributed by atoms with E-state index in [1.165, 1.54) is 0 Å². The minimum atomic E-state index is -3.73. The Morgan fingerprint density at radius 1 is 1.05 bits per heavy atom. The van der Waals surface area contributed by atoms with Gasteiger partial charge >= 0.3 is 0 Å². The van der Waals surface area contributed by atoms with Gasteiger partial charge < -0.3 is 0 Å². The molecule has 1 aromatic heterocycles. The maximum Gasteiger partial charge on any atom is 0.233 e. The van der Waals surface area contributed by atoms with E-state index in [4.69, 9.17) is 11.6 Å². The molecule has 0 amide bonds. The predicted octanol–water partition coefficient (Wildman–Crippen LogP) is 1.57. The third-order valence-electron chi connectivity index (χ3n) is 2.24. The van der Waals surface area contributed by atoms with Crippen LogP contribution in [-0.2, 0) is 25.4 Å². The van der Waals surface area contributed by atoms with Crippen LogP contribution in [0, 0.1) is 0 Å². The quantitative estimate of drug-likeness (QED) is 0.829. The van der Waals surface area contributed by atoms with Crippen LogP contribution in [0.4, 0.5) is 0 Å². The summed E-state index contributed by atoms with van der Waals surface area (Å²) in [6, 6.07) is 6.32. The van der Waals surface area contributed by atoms with Crippen molar-refractivity contribution >= 4 is 42.6 Å². The highest BCUT2D eigenvalue weighted by Crippen LogP contribution is 2.23. The van der Waals surface area contributed by atoms with Crippen molar-refractivity contribution in [1.82, 2.24) is 10.2 Å². The first kappa shape index (κ1) is 15.4. The molecular weight excluding hydrogens is 344 g/mol. The fourth-order valence-electron chi connectivity index (χ4n) is 1.33. The third-order valence-corrected chi connectivity index (χ3v) is 7.22. The van der Waals surface area contributed by atoms with Crippen LogP contribution >= 0.6 is 22.9 Å². The molecule has 108 valence electrons. The van der Waals surface area contributed by atoms with E-state index in [2.05, 4.69) is 10.2 Å². The van der Waals surface area contributed by atoms with E-state index in [-0.39, 0.29) is 14.4 Å². The summed E-state index contributed by atoms with van der Waals surface area (Å²) in [5.41, 5.74) is 0.533. The summed E-state index contributed by atoms with van der Waals surface area (Å²) < 4.78 is 46.1. The average Bonchev–Trinajstić information content (AvgIpc) is 2.82. The Morgan fingerprint density at radius 2 is 1.60 bits per heavy atom. The highest BCUT2D eigenvalue weighted by molar-refractivity contribution is 7.95. The van der Waals surface area contributed by atoms with Crippen LogP contribution in [0.3, 0.4) is 0 Å². The van der Waals surface area contributed by atoms with Gasteiger partial charge in [-0.3, -0.25) is 0 Å². The number of aromatic nitrogens is 2. The summed E-state index contributed by atoms with van der Waals surface area (Å²) in [6.07, 6.45) is 0.948. The molecule has 0 saturated heterocycles. The second-order valence-electron chi connectivity index (χ2n) is 3.99. The van der Waals surface area contributed by atoms with Crippen LogP contribution in [0.1, 0.15) is 5.56 Å². The minimum Gasteiger partial charge on any atom is -0.221 e. The Hall–Kier alpha value is -1.03. The molecule has 10 heteroatoms. The van der Waals surface area contributed by atoms with Gasteiger partial charge in [0.15, 0.2) is 0 Å². The molecule has 0 radical (unpaired) electrons. The smallest absolute Gasteiger partial charge is 0.221 e. The van der Waals surface area contributed by atoms with Crippen LogP contribution in [0.5, 0.6) is 0 Å². The van der Waals surface area contributed by atoms with Gasteiger partial charge in [0.1, 0.15) is 0 Å². The second-order valence-corrected chi connectivity index (χ2v) is 9.76. The average molecular weight is 353 g/mol. The summed E-state index contributed by atoms with van der Waals surface area (Å²) in [7, 11) is -7.29. The van der Waals surface area contributed by atoms with Gasteiger partial charge in [-0.15, -0.1) is 10.2 Å². The maximum absolute atomic E-state index is 12.1. The predicted molar refractivity (Wildman–Crippen MR) is 75.4 cm³/mol. The normalized spacial score (nSPS) is 12.5. The number of hydrogen-bond acceptors (Lipinski definition) is 7. The standard InChI is InChI=1S/C10H9ClN2O4S3/c1-19(14,15)9-12-13-10(18-9)20(16,17)6-7-2-4-8(11)5-3-7/h2-5H,6H2,1H3. The van der Waals surface area contributed by atoms with E-state index in [9.17, 15) is 16.8 Å². The van der Waals surface area contributed by atoms with Crippen molar-refractivity contribution in [3.05, 3.63) is 34.9 Å². The van der Waals surface area contributed by atoms with E-state index in [1.807, 2.05) is 0 Å². The largest absolute Gasteiger partial charge is 0.233 e. The molecule has 1 aromatic carbocycles. The monoisotopic (exact) mass is 352 g/mol. The molecule has 2 aromatic rings. The number of halogens is 1. The molecule has 0 aliphatic carbocycles. The number of nitrogens with zero attached hydrogens (tertiary/aromatic N) is 2. The first-order chi connectivity index (χ1) is 9.18. The number of hydrogen-bond donors (Lipinski definition) is 0. The fourth-order valence-corrected chi connectivity index (χ4v) is 4.80.